The molecule has 0 N–H and O–H groups in total. The van der Waals surface area contributed by atoms with Gasteiger partial charge in [-0.3, -0.25) is 4.79 Å². The number of hydrogen-bond donors (Lipinski definition) is 0. The van der Waals surface area contributed by atoms with Crippen LogP contribution in [-0.2, 0) is 9.53 Å². The average Bonchev–Trinajstić information content (AvgIpc) is 3.11. The third kappa shape index (κ3) is 4.50. The maximum Gasteiger partial charge on any atom is 0.302 e. The number of rotatable bonds is 6. The van der Waals surface area contributed by atoms with Crippen LogP contribution in [0.4, 0.5) is 0 Å². The number of hydrogen-bond acceptors (Lipinski definition) is 2. The molecule has 2 nitrogen and oxygen atoms in total. The number of allylic oxidation sites excluding steroid dienone is 3. The van der Waals surface area contributed by atoms with Gasteiger partial charge in [-0.25, -0.2) is 0 Å². The molecule has 3 saturated carbocycles. The normalized spacial score (nSPS) is 42.3. The second-order valence-corrected chi connectivity index (χ2v) is 13.0. The molecule has 33 heavy (non-hydrogen) atoms. The van der Waals surface area contributed by atoms with E-state index in [-0.39, 0.29) is 12.1 Å². The first kappa shape index (κ1) is 25.1. The Morgan fingerprint density at radius 3 is 2.52 bits per heavy atom. The van der Waals surface area contributed by atoms with E-state index in [0.29, 0.717) is 16.7 Å². The molecule has 0 unspecified atom stereocenters. The third-order valence-electron chi connectivity index (χ3n) is 11.1. The van der Waals surface area contributed by atoms with Gasteiger partial charge < -0.3 is 4.74 Å². The smallest absolute Gasteiger partial charge is 0.302 e. The molecule has 0 radical (unpaired) electrons. The molecule has 4 aliphatic carbocycles. The molecule has 3 fully saturated rings. The number of carbonyl (C=O) groups excluding carboxylic acids is 1. The topological polar surface area (TPSA) is 26.3 Å². The van der Waals surface area contributed by atoms with Crippen LogP contribution in [0.15, 0.2) is 23.8 Å². The molecule has 0 saturated heterocycles. The second kappa shape index (κ2) is 9.54. The molecule has 4 rings (SSSR count). The highest BCUT2D eigenvalue weighted by atomic mass is 16.5. The van der Waals surface area contributed by atoms with Crippen LogP contribution >= 0.6 is 0 Å². The summed E-state index contributed by atoms with van der Waals surface area (Å²) in [4.78, 5) is 11.5. The first-order valence-electron chi connectivity index (χ1n) is 14.1. The van der Waals surface area contributed by atoms with Gasteiger partial charge in [0.05, 0.1) is 0 Å². The summed E-state index contributed by atoms with van der Waals surface area (Å²) in [5, 5.41) is 0. The van der Waals surface area contributed by atoms with Gasteiger partial charge in [-0.1, -0.05) is 65.3 Å². The molecular weight excluding hydrogens is 404 g/mol. The SMILES string of the molecule is CC[C@H](C=C[C@@H](C)[C@H]1CC[C@H]2[C@@H]3CC=C4C[C@@H](OC(C)=O)CC[C@]4(C)[C@H]3CC[C@]12C)C(C)C. The molecule has 0 aromatic heterocycles. The van der Waals surface area contributed by atoms with E-state index in [1.165, 1.54) is 44.9 Å². The zero-order valence-electron chi connectivity index (χ0n) is 22.5. The van der Waals surface area contributed by atoms with E-state index >= 15 is 0 Å². The Bertz CT molecular complexity index is 778. The van der Waals surface area contributed by atoms with Gasteiger partial charge in [-0.2, -0.15) is 0 Å². The molecule has 0 heterocycles. The van der Waals surface area contributed by atoms with E-state index in [1.807, 2.05) is 0 Å². The van der Waals surface area contributed by atoms with Crippen molar-refractivity contribution < 1.29 is 9.53 Å². The Labute approximate surface area is 204 Å². The fraction of sp³-hybridized carbons (Fsp3) is 0.839. The Morgan fingerprint density at radius 2 is 1.85 bits per heavy atom. The van der Waals surface area contributed by atoms with Crippen LogP contribution in [0.2, 0.25) is 0 Å². The minimum atomic E-state index is -0.120. The standard InChI is InChI=1S/C31H50O2/c1-8-23(20(2)3)10-9-21(4)27-13-14-28-26-12-11-24-19-25(33-22(5)32)15-17-30(24,6)29(26)16-18-31(27,28)7/h9-11,20-21,23,25-29H,8,12-19H2,1-7H3/t21-,23-,25+,26+,27-,28+,29+,30+,31-/m1/s1. The van der Waals surface area contributed by atoms with Crippen LogP contribution < -0.4 is 0 Å². The van der Waals surface area contributed by atoms with Gasteiger partial charge in [0.15, 0.2) is 0 Å². The lowest BCUT2D eigenvalue weighted by Crippen LogP contribution is -2.51. The molecule has 4 aliphatic rings. The molecule has 0 bridgehead atoms. The van der Waals surface area contributed by atoms with Crippen molar-refractivity contribution in [2.75, 3.05) is 0 Å². The predicted molar refractivity (Wildman–Crippen MR) is 138 cm³/mol. The largest absolute Gasteiger partial charge is 0.462 e. The maximum atomic E-state index is 11.5. The third-order valence-corrected chi connectivity index (χ3v) is 11.1. The monoisotopic (exact) mass is 454 g/mol. The van der Waals surface area contributed by atoms with Crippen molar-refractivity contribution in [3.8, 4) is 0 Å². The molecule has 0 aromatic carbocycles. The Hall–Kier alpha value is -1.05. The van der Waals surface area contributed by atoms with Crippen molar-refractivity contribution in [2.24, 2.45) is 52.3 Å². The van der Waals surface area contributed by atoms with Gasteiger partial charge in [0.2, 0.25) is 0 Å². The molecular formula is C31H50O2. The molecule has 186 valence electrons. The summed E-state index contributed by atoms with van der Waals surface area (Å²) in [6.07, 6.45) is 19.2. The van der Waals surface area contributed by atoms with Gasteiger partial charge in [0.1, 0.15) is 6.10 Å². The number of ether oxygens (including phenoxy) is 1. The fourth-order valence-corrected chi connectivity index (χ4v) is 9.15. The van der Waals surface area contributed by atoms with Gasteiger partial charge in [0, 0.05) is 13.3 Å². The van der Waals surface area contributed by atoms with Gasteiger partial charge in [0.25, 0.3) is 0 Å². The van der Waals surface area contributed by atoms with Crippen LogP contribution in [0.3, 0.4) is 0 Å². The van der Waals surface area contributed by atoms with Crippen LogP contribution in [0.25, 0.3) is 0 Å². The maximum absolute atomic E-state index is 11.5. The van der Waals surface area contributed by atoms with Crippen molar-refractivity contribution in [1.82, 2.24) is 0 Å². The van der Waals surface area contributed by atoms with E-state index < -0.39 is 0 Å². The van der Waals surface area contributed by atoms with Crippen LogP contribution in [0.1, 0.15) is 106 Å². The minimum absolute atomic E-state index is 0.105. The first-order valence-corrected chi connectivity index (χ1v) is 14.1. The zero-order chi connectivity index (χ0) is 24.0. The van der Waals surface area contributed by atoms with E-state index in [2.05, 4.69) is 59.8 Å². The second-order valence-electron chi connectivity index (χ2n) is 13.0. The fourth-order valence-electron chi connectivity index (χ4n) is 9.15. The first-order chi connectivity index (χ1) is 15.6. The molecule has 0 amide bonds. The summed E-state index contributed by atoms with van der Waals surface area (Å²) in [5.74, 6) is 5.41. The molecule has 0 aromatic rings. The summed E-state index contributed by atoms with van der Waals surface area (Å²) in [5.41, 5.74) is 2.44. The summed E-state index contributed by atoms with van der Waals surface area (Å²) >= 11 is 0. The number of carbonyl (C=O) groups is 1. The van der Waals surface area contributed by atoms with Crippen LogP contribution in [-0.4, -0.2) is 12.1 Å². The lowest BCUT2D eigenvalue weighted by molar-refractivity contribution is -0.148. The van der Waals surface area contributed by atoms with Gasteiger partial charge >= 0.3 is 5.97 Å². The zero-order valence-corrected chi connectivity index (χ0v) is 22.5. The van der Waals surface area contributed by atoms with E-state index in [4.69, 9.17) is 4.74 Å². The predicted octanol–water partition coefficient (Wildman–Crippen LogP) is 8.37. The summed E-state index contributed by atoms with van der Waals surface area (Å²) < 4.78 is 5.62. The molecule has 0 spiro atoms. The molecule has 0 aliphatic heterocycles. The Morgan fingerprint density at radius 1 is 1.09 bits per heavy atom. The highest BCUT2D eigenvalue weighted by molar-refractivity contribution is 5.66. The van der Waals surface area contributed by atoms with E-state index in [9.17, 15) is 4.79 Å². The minimum Gasteiger partial charge on any atom is -0.462 e. The van der Waals surface area contributed by atoms with Crippen molar-refractivity contribution in [3.05, 3.63) is 23.8 Å². The van der Waals surface area contributed by atoms with Crippen molar-refractivity contribution in [1.29, 1.82) is 0 Å². The Balaban J connectivity index is 1.49. The van der Waals surface area contributed by atoms with Crippen molar-refractivity contribution >= 4 is 5.97 Å². The summed E-state index contributed by atoms with van der Waals surface area (Å²) in [6.45, 7) is 16.3. The van der Waals surface area contributed by atoms with E-state index in [0.717, 1.165) is 48.3 Å². The number of fused-ring (bicyclic) bond motifs is 5. The summed E-state index contributed by atoms with van der Waals surface area (Å²) in [6, 6.07) is 0. The highest BCUT2D eigenvalue weighted by Gasteiger charge is 2.59. The van der Waals surface area contributed by atoms with Crippen molar-refractivity contribution in [2.45, 2.75) is 112 Å². The van der Waals surface area contributed by atoms with Crippen LogP contribution in [0.5, 0.6) is 0 Å². The van der Waals surface area contributed by atoms with E-state index in [1.54, 1.807) is 12.5 Å². The number of esters is 1. The molecule has 2 heteroatoms. The Kier molecular flexibility index (Phi) is 7.24. The van der Waals surface area contributed by atoms with Gasteiger partial charge in [-0.15, -0.1) is 0 Å². The molecule has 9 atom stereocenters. The van der Waals surface area contributed by atoms with Crippen molar-refractivity contribution in [3.63, 3.8) is 0 Å². The van der Waals surface area contributed by atoms with Crippen LogP contribution in [0, 0.1) is 52.3 Å². The lowest BCUT2D eigenvalue weighted by Gasteiger charge is -2.58. The highest BCUT2D eigenvalue weighted by Crippen LogP contribution is 2.67. The average molecular weight is 455 g/mol. The summed E-state index contributed by atoms with van der Waals surface area (Å²) in [7, 11) is 0. The lowest BCUT2D eigenvalue weighted by atomic mass is 9.47. The quantitative estimate of drug-likeness (QED) is 0.297. The van der Waals surface area contributed by atoms with Gasteiger partial charge in [-0.05, 0) is 104 Å².